The standard InChI is InChI=1S/C12H18BrNO3S/c1-9-7-11(8-10(2)12(9)13)14-18(16,17)6-4-3-5-15/h7-8,14-15H,3-6H2,1-2H3. The van der Waals surface area contributed by atoms with Crippen LogP contribution in [0.2, 0.25) is 0 Å². The summed E-state index contributed by atoms with van der Waals surface area (Å²) in [6, 6.07) is 3.58. The highest BCUT2D eigenvalue weighted by Crippen LogP contribution is 2.25. The Balaban J connectivity index is 2.78. The molecule has 4 nitrogen and oxygen atoms in total. The second-order valence-electron chi connectivity index (χ2n) is 4.28. The van der Waals surface area contributed by atoms with Gasteiger partial charge in [-0.05, 0) is 49.9 Å². The zero-order valence-corrected chi connectivity index (χ0v) is 12.9. The maximum absolute atomic E-state index is 11.8. The van der Waals surface area contributed by atoms with Crippen LogP contribution in [0.5, 0.6) is 0 Å². The number of anilines is 1. The van der Waals surface area contributed by atoms with Crippen molar-refractivity contribution in [1.82, 2.24) is 0 Å². The molecule has 1 aromatic carbocycles. The third-order valence-corrected chi connectivity index (χ3v) is 5.15. The summed E-state index contributed by atoms with van der Waals surface area (Å²) in [5.74, 6) is 0.0295. The summed E-state index contributed by atoms with van der Waals surface area (Å²) >= 11 is 3.44. The highest BCUT2D eigenvalue weighted by molar-refractivity contribution is 9.10. The molecule has 0 saturated heterocycles. The number of aliphatic hydroxyl groups excluding tert-OH is 1. The van der Waals surface area contributed by atoms with Gasteiger partial charge in [0.05, 0.1) is 5.75 Å². The molecule has 6 heteroatoms. The van der Waals surface area contributed by atoms with Gasteiger partial charge < -0.3 is 5.11 Å². The Morgan fingerprint density at radius 1 is 1.22 bits per heavy atom. The van der Waals surface area contributed by atoms with Crippen LogP contribution >= 0.6 is 15.9 Å². The molecule has 0 heterocycles. The third-order valence-electron chi connectivity index (χ3n) is 2.53. The van der Waals surface area contributed by atoms with Gasteiger partial charge >= 0.3 is 0 Å². The Labute approximate surface area is 117 Å². The van der Waals surface area contributed by atoms with E-state index >= 15 is 0 Å². The second-order valence-corrected chi connectivity index (χ2v) is 6.91. The third kappa shape index (κ3) is 4.59. The van der Waals surface area contributed by atoms with Gasteiger partial charge in [0, 0.05) is 16.8 Å². The number of rotatable bonds is 6. The Bertz CT molecular complexity index is 491. The van der Waals surface area contributed by atoms with E-state index in [1.165, 1.54) is 0 Å². The van der Waals surface area contributed by atoms with E-state index in [2.05, 4.69) is 20.7 Å². The summed E-state index contributed by atoms with van der Waals surface area (Å²) in [5.41, 5.74) is 2.56. The number of benzene rings is 1. The molecule has 0 fully saturated rings. The fraction of sp³-hybridized carbons (Fsp3) is 0.500. The summed E-state index contributed by atoms with van der Waals surface area (Å²) < 4.78 is 27.1. The summed E-state index contributed by atoms with van der Waals surface area (Å²) in [4.78, 5) is 0. The highest BCUT2D eigenvalue weighted by atomic mass is 79.9. The SMILES string of the molecule is Cc1cc(NS(=O)(=O)CCCCO)cc(C)c1Br. The molecule has 0 unspecified atom stereocenters. The molecule has 0 bridgehead atoms. The second kappa shape index (κ2) is 6.54. The molecule has 0 aliphatic heterocycles. The van der Waals surface area contributed by atoms with Crippen molar-refractivity contribution in [1.29, 1.82) is 0 Å². The molecule has 1 aromatic rings. The molecule has 102 valence electrons. The van der Waals surface area contributed by atoms with Gasteiger partial charge in [0.1, 0.15) is 0 Å². The fourth-order valence-electron chi connectivity index (χ4n) is 1.64. The molecule has 0 aromatic heterocycles. The molecule has 0 radical (unpaired) electrons. The molecule has 0 saturated carbocycles. The van der Waals surface area contributed by atoms with Gasteiger partial charge in [-0.2, -0.15) is 0 Å². The van der Waals surface area contributed by atoms with Gasteiger partial charge in [-0.3, -0.25) is 4.72 Å². The minimum Gasteiger partial charge on any atom is -0.396 e. The predicted molar refractivity (Wildman–Crippen MR) is 77.3 cm³/mol. The van der Waals surface area contributed by atoms with Crippen LogP contribution in [0.4, 0.5) is 5.69 Å². The topological polar surface area (TPSA) is 66.4 Å². The van der Waals surface area contributed by atoms with E-state index in [0.29, 0.717) is 18.5 Å². The van der Waals surface area contributed by atoms with Crippen molar-refractivity contribution in [3.05, 3.63) is 27.7 Å². The number of hydrogen-bond acceptors (Lipinski definition) is 3. The number of aliphatic hydroxyl groups is 1. The molecular formula is C12H18BrNO3S. The fourth-order valence-corrected chi connectivity index (χ4v) is 3.03. The predicted octanol–water partition coefficient (Wildman–Crippen LogP) is 2.58. The van der Waals surface area contributed by atoms with Crippen molar-refractivity contribution in [2.24, 2.45) is 0 Å². The van der Waals surface area contributed by atoms with Crippen molar-refractivity contribution in [3.63, 3.8) is 0 Å². The first-order chi connectivity index (χ1) is 8.35. The lowest BCUT2D eigenvalue weighted by Crippen LogP contribution is -2.17. The van der Waals surface area contributed by atoms with Crippen LogP contribution < -0.4 is 4.72 Å². The largest absolute Gasteiger partial charge is 0.396 e. The summed E-state index contributed by atoms with van der Waals surface area (Å²) in [7, 11) is -3.33. The summed E-state index contributed by atoms with van der Waals surface area (Å²) in [5, 5.41) is 8.64. The normalized spacial score (nSPS) is 11.6. The van der Waals surface area contributed by atoms with Crippen LogP contribution in [0, 0.1) is 13.8 Å². The van der Waals surface area contributed by atoms with Crippen LogP contribution in [0.3, 0.4) is 0 Å². The van der Waals surface area contributed by atoms with Crippen LogP contribution in [-0.2, 0) is 10.0 Å². The smallest absolute Gasteiger partial charge is 0.232 e. The Morgan fingerprint density at radius 2 is 1.78 bits per heavy atom. The number of sulfonamides is 1. The van der Waals surface area contributed by atoms with Gasteiger partial charge in [-0.1, -0.05) is 15.9 Å². The van der Waals surface area contributed by atoms with E-state index < -0.39 is 10.0 Å². The first-order valence-corrected chi connectivity index (χ1v) is 8.18. The monoisotopic (exact) mass is 335 g/mol. The van der Waals surface area contributed by atoms with Gasteiger partial charge in [0.25, 0.3) is 0 Å². The van der Waals surface area contributed by atoms with Crippen molar-refractivity contribution < 1.29 is 13.5 Å². The zero-order valence-electron chi connectivity index (χ0n) is 10.5. The molecule has 0 aliphatic carbocycles. The Kier molecular flexibility index (Phi) is 5.62. The molecule has 18 heavy (non-hydrogen) atoms. The maximum atomic E-state index is 11.8. The average molecular weight is 336 g/mol. The van der Waals surface area contributed by atoms with E-state index in [-0.39, 0.29) is 12.4 Å². The quantitative estimate of drug-likeness (QED) is 0.785. The number of hydrogen-bond donors (Lipinski definition) is 2. The van der Waals surface area contributed by atoms with E-state index in [1.807, 2.05) is 13.8 Å². The summed E-state index contributed by atoms with van der Waals surface area (Å²) in [6.45, 7) is 3.85. The molecule has 0 atom stereocenters. The average Bonchev–Trinajstić information content (AvgIpc) is 2.25. The summed E-state index contributed by atoms with van der Waals surface area (Å²) in [6.07, 6.45) is 0.958. The lowest BCUT2D eigenvalue weighted by atomic mass is 10.1. The van der Waals surface area contributed by atoms with Crippen molar-refractivity contribution >= 4 is 31.6 Å². The molecule has 2 N–H and O–H groups in total. The van der Waals surface area contributed by atoms with Gasteiger partial charge in [0.15, 0.2) is 0 Å². The number of aryl methyl sites for hydroxylation is 2. The number of nitrogens with one attached hydrogen (secondary N) is 1. The zero-order chi connectivity index (χ0) is 13.8. The van der Waals surface area contributed by atoms with Crippen LogP contribution in [0.1, 0.15) is 24.0 Å². The van der Waals surface area contributed by atoms with Crippen molar-refractivity contribution in [2.75, 3.05) is 17.1 Å². The van der Waals surface area contributed by atoms with Gasteiger partial charge in [-0.25, -0.2) is 8.42 Å². The maximum Gasteiger partial charge on any atom is 0.232 e. The molecule has 0 amide bonds. The van der Waals surface area contributed by atoms with Crippen molar-refractivity contribution in [2.45, 2.75) is 26.7 Å². The van der Waals surface area contributed by atoms with Gasteiger partial charge in [0.2, 0.25) is 10.0 Å². The number of halogens is 1. The van der Waals surface area contributed by atoms with E-state index in [0.717, 1.165) is 15.6 Å². The minimum atomic E-state index is -3.33. The minimum absolute atomic E-state index is 0.0199. The lowest BCUT2D eigenvalue weighted by Gasteiger charge is -2.11. The molecular weight excluding hydrogens is 318 g/mol. The molecule has 0 aliphatic rings. The van der Waals surface area contributed by atoms with Crippen LogP contribution in [0.15, 0.2) is 16.6 Å². The van der Waals surface area contributed by atoms with Crippen LogP contribution in [0.25, 0.3) is 0 Å². The molecule has 1 rings (SSSR count). The number of unbranched alkanes of at least 4 members (excludes halogenated alkanes) is 1. The first-order valence-electron chi connectivity index (χ1n) is 5.74. The first kappa shape index (κ1) is 15.5. The lowest BCUT2D eigenvalue weighted by molar-refractivity contribution is 0.287. The van der Waals surface area contributed by atoms with E-state index in [9.17, 15) is 8.42 Å². The Morgan fingerprint density at radius 3 is 2.28 bits per heavy atom. The van der Waals surface area contributed by atoms with E-state index in [4.69, 9.17) is 5.11 Å². The molecule has 0 spiro atoms. The van der Waals surface area contributed by atoms with Crippen molar-refractivity contribution in [3.8, 4) is 0 Å². The van der Waals surface area contributed by atoms with Gasteiger partial charge in [-0.15, -0.1) is 0 Å². The Hall–Kier alpha value is -0.590. The van der Waals surface area contributed by atoms with E-state index in [1.54, 1.807) is 12.1 Å². The van der Waals surface area contributed by atoms with Crippen LogP contribution in [-0.4, -0.2) is 25.9 Å². The highest BCUT2D eigenvalue weighted by Gasteiger charge is 2.11.